The Kier molecular flexibility index (Phi) is 2.53. The molecule has 14 heavy (non-hydrogen) atoms. The highest BCUT2D eigenvalue weighted by Gasteiger charge is 2.20. The number of hydrogen-bond donors (Lipinski definition) is 1. The monoisotopic (exact) mass is 189 g/mol. The van der Waals surface area contributed by atoms with Gasteiger partial charge in [-0.2, -0.15) is 0 Å². The molecule has 0 saturated carbocycles. The van der Waals surface area contributed by atoms with Crippen LogP contribution in [-0.2, 0) is 4.79 Å². The number of carbonyl (C=O) groups excluding carboxylic acids is 1. The topological polar surface area (TPSA) is 29.1 Å². The van der Waals surface area contributed by atoms with E-state index in [-0.39, 0.29) is 5.91 Å². The van der Waals surface area contributed by atoms with Crippen LogP contribution in [0.15, 0.2) is 24.3 Å². The van der Waals surface area contributed by atoms with Gasteiger partial charge in [-0.05, 0) is 24.5 Å². The minimum absolute atomic E-state index is 0.190. The lowest BCUT2D eigenvalue weighted by Gasteiger charge is -2.24. The summed E-state index contributed by atoms with van der Waals surface area (Å²) in [7, 11) is 0. The molecule has 1 amide bonds. The van der Waals surface area contributed by atoms with Gasteiger partial charge in [0.2, 0.25) is 5.91 Å². The van der Waals surface area contributed by atoms with Crippen molar-refractivity contribution in [3.63, 3.8) is 0 Å². The van der Waals surface area contributed by atoms with E-state index < -0.39 is 0 Å². The van der Waals surface area contributed by atoms with Gasteiger partial charge in [0.1, 0.15) is 0 Å². The molecule has 1 aliphatic heterocycles. The number of aryl methyl sites for hydroxylation is 1. The number of carbonyl (C=O) groups is 1. The van der Waals surface area contributed by atoms with Crippen LogP contribution in [0.5, 0.6) is 0 Å². The van der Waals surface area contributed by atoms with E-state index >= 15 is 0 Å². The third-order valence-electron chi connectivity index (χ3n) is 2.89. The van der Waals surface area contributed by atoms with Crippen molar-refractivity contribution in [1.82, 2.24) is 5.32 Å². The minimum Gasteiger partial charge on any atom is -0.355 e. The van der Waals surface area contributed by atoms with Crippen molar-refractivity contribution < 1.29 is 4.79 Å². The average molecular weight is 189 g/mol. The molecule has 1 heterocycles. The van der Waals surface area contributed by atoms with Crippen LogP contribution in [0.25, 0.3) is 0 Å². The Bertz CT molecular complexity index is 336. The summed E-state index contributed by atoms with van der Waals surface area (Å²) in [6.07, 6.45) is 1.65. The number of nitrogens with one attached hydrogen (secondary N) is 1. The number of benzene rings is 1. The molecule has 74 valence electrons. The van der Waals surface area contributed by atoms with Gasteiger partial charge in [-0.25, -0.2) is 0 Å². The third kappa shape index (κ3) is 1.79. The van der Waals surface area contributed by atoms with E-state index in [9.17, 15) is 4.79 Å². The Hall–Kier alpha value is -1.31. The largest absolute Gasteiger partial charge is 0.355 e. The lowest BCUT2D eigenvalue weighted by Crippen LogP contribution is -2.33. The van der Waals surface area contributed by atoms with Crippen LogP contribution in [-0.4, -0.2) is 12.5 Å². The van der Waals surface area contributed by atoms with E-state index in [1.54, 1.807) is 0 Å². The fourth-order valence-corrected chi connectivity index (χ4v) is 2.04. The van der Waals surface area contributed by atoms with Crippen molar-refractivity contribution in [1.29, 1.82) is 0 Å². The van der Waals surface area contributed by atoms with Crippen LogP contribution in [0.1, 0.15) is 29.9 Å². The normalized spacial score (nSPS) is 21.8. The molecule has 2 heteroatoms. The van der Waals surface area contributed by atoms with Crippen molar-refractivity contribution in [2.45, 2.75) is 25.7 Å². The fourth-order valence-electron chi connectivity index (χ4n) is 2.04. The first-order chi connectivity index (χ1) is 6.77. The molecule has 1 aromatic rings. The maximum absolute atomic E-state index is 11.0. The van der Waals surface area contributed by atoms with Gasteiger partial charge in [-0.1, -0.05) is 24.3 Å². The van der Waals surface area contributed by atoms with E-state index in [1.165, 1.54) is 11.1 Å². The molecule has 1 aliphatic rings. The number of rotatable bonds is 1. The minimum atomic E-state index is 0.190. The first kappa shape index (κ1) is 9.25. The van der Waals surface area contributed by atoms with E-state index in [2.05, 4.69) is 36.5 Å². The maximum Gasteiger partial charge on any atom is 0.220 e. The van der Waals surface area contributed by atoms with E-state index in [4.69, 9.17) is 0 Å². The predicted molar refractivity (Wildman–Crippen MR) is 56.2 cm³/mol. The molecule has 2 nitrogen and oxygen atoms in total. The van der Waals surface area contributed by atoms with Crippen molar-refractivity contribution in [3.8, 4) is 0 Å². The summed E-state index contributed by atoms with van der Waals surface area (Å²) in [6.45, 7) is 2.93. The van der Waals surface area contributed by atoms with Crippen LogP contribution < -0.4 is 5.32 Å². The quantitative estimate of drug-likeness (QED) is 0.719. The highest BCUT2D eigenvalue weighted by atomic mass is 16.1. The highest BCUT2D eigenvalue weighted by molar-refractivity contribution is 5.76. The first-order valence-electron chi connectivity index (χ1n) is 5.09. The van der Waals surface area contributed by atoms with Gasteiger partial charge < -0.3 is 5.32 Å². The molecule has 0 radical (unpaired) electrons. The predicted octanol–water partition coefficient (Wildman–Crippen LogP) is 1.99. The third-order valence-corrected chi connectivity index (χ3v) is 2.89. The summed E-state index contributed by atoms with van der Waals surface area (Å²) in [5, 5.41) is 2.92. The molecule has 1 atom stereocenters. The Balaban J connectivity index is 2.16. The van der Waals surface area contributed by atoms with Crippen LogP contribution in [0, 0.1) is 6.92 Å². The SMILES string of the molecule is Cc1ccccc1[C@@H]1CCC(=O)NC1. The summed E-state index contributed by atoms with van der Waals surface area (Å²) in [5.74, 6) is 0.698. The molecule has 1 N–H and O–H groups in total. The second-order valence-electron chi connectivity index (χ2n) is 3.90. The zero-order valence-corrected chi connectivity index (χ0v) is 8.42. The molecule has 0 spiro atoms. The van der Waals surface area contributed by atoms with Gasteiger partial charge in [-0.15, -0.1) is 0 Å². The van der Waals surface area contributed by atoms with Gasteiger partial charge in [0, 0.05) is 18.9 Å². The standard InChI is InChI=1S/C12H15NO/c1-9-4-2-3-5-11(9)10-6-7-12(14)13-8-10/h2-5,10H,6-8H2,1H3,(H,13,14)/t10-/m1/s1. The van der Waals surface area contributed by atoms with Crippen LogP contribution in [0.2, 0.25) is 0 Å². The van der Waals surface area contributed by atoms with Gasteiger partial charge in [0.25, 0.3) is 0 Å². The van der Waals surface area contributed by atoms with Crippen molar-refractivity contribution >= 4 is 5.91 Å². The van der Waals surface area contributed by atoms with E-state index in [1.807, 2.05) is 0 Å². The maximum atomic E-state index is 11.0. The summed E-state index contributed by atoms with van der Waals surface area (Å²) in [5.41, 5.74) is 2.71. The molecule has 1 fully saturated rings. The Morgan fingerprint density at radius 1 is 1.36 bits per heavy atom. The number of hydrogen-bond acceptors (Lipinski definition) is 1. The Labute approximate surface area is 84.3 Å². The molecule has 1 saturated heterocycles. The molecule has 2 rings (SSSR count). The van der Waals surface area contributed by atoms with E-state index in [0.717, 1.165) is 13.0 Å². The second kappa shape index (κ2) is 3.82. The van der Waals surface area contributed by atoms with Crippen molar-refractivity contribution in [2.24, 2.45) is 0 Å². The summed E-state index contributed by atoms with van der Waals surface area (Å²) < 4.78 is 0. The van der Waals surface area contributed by atoms with Gasteiger partial charge >= 0.3 is 0 Å². The smallest absolute Gasteiger partial charge is 0.220 e. The summed E-state index contributed by atoms with van der Waals surface area (Å²) >= 11 is 0. The van der Waals surface area contributed by atoms with E-state index in [0.29, 0.717) is 12.3 Å². The van der Waals surface area contributed by atoms with Crippen molar-refractivity contribution in [2.75, 3.05) is 6.54 Å². The molecule has 0 aliphatic carbocycles. The van der Waals surface area contributed by atoms with Crippen molar-refractivity contribution in [3.05, 3.63) is 35.4 Å². The zero-order valence-electron chi connectivity index (χ0n) is 8.42. The van der Waals surface area contributed by atoms with Crippen LogP contribution >= 0.6 is 0 Å². The van der Waals surface area contributed by atoms with Gasteiger partial charge in [-0.3, -0.25) is 4.79 Å². The fraction of sp³-hybridized carbons (Fsp3) is 0.417. The number of piperidine rings is 1. The first-order valence-corrected chi connectivity index (χ1v) is 5.09. The van der Waals surface area contributed by atoms with Gasteiger partial charge in [0.15, 0.2) is 0 Å². The lowest BCUT2D eigenvalue weighted by molar-refractivity contribution is -0.122. The molecule has 1 aromatic carbocycles. The van der Waals surface area contributed by atoms with Gasteiger partial charge in [0.05, 0.1) is 0 Å². The highest BCUT2D eigenvalue weighted by Crippen LogP contribution is 2.25. The lowest BCUT2D eigenvalue weighted by atomic mass is 9.89. The Morgan fingerprint density at radius 3 is 2.79 bits per heavy atom. The summed E-state index contributed by atoms with van der Waals surface area (Å²) in [4.78, 5) is 11.0. The van der Waals surface area contributed by atoms with Crippen LogP contribution in [0.3, 0.4) is 0 Å². The molecule has 0 bridgehead atoms. The zero-order chi connectivity index (χ0) is 9.97. The summed E-state index contributed by atoms with van der Waals surface area (Å²) in [6, 6.07) is 8.42. The number of amides is 1. The molecule has 0 unspecified atom stereocenters. The molecule has 0 aromatic heterocycles. The second-order valence-corrected chi connectivity index (χ2v) is 3.90. The average Bonchev–Trinajstić information content (AvgIpc) is 2.20. The molecular weight excluding hydrogens is 174 g/mol. The Morgan fingerprint density at radius 2 is 2.14 bits per heavy atom. The van der Waals surface area contributed by atoms with Crippen LogP contribution in [0.4, 0.5) is 0 Å². The molecular formula is C12H15NO.